The Labute approximate surface area is 177 Å². The molecule has 1 aliphatic carbocycles. The van der Waals surface area contributed by atoms with Crippen LogP contribution in [0.25, 0.3) is 33.3 Å². The number of benzene rings is 1. The lowest BCUT2D eigenvalue weighted by Gasteiger charge is -2.35. The fourth-order valence-electron chi connectivity index (χ4n) is 4.37. The normalized spacial score (nSPS) is 20.8. The highest BCUT2D eigenvalue weighted by atomic mass is 16.3. The van der Waals surface area contributed by atoms with Gasteiger partial charge in [0.25, 0.3) is 0 Å². The molecule has 148 valence electrons. The molecule has 5 rings (SSSR count). The third-order valence-electron chi connectivity index (χ3n) is 6.27. The Kier molecular flexibility index (Phi) is 3.30. The number of pyridine rings is 2. The van der Waals surface area contributed by atoms with Crippen LogP contribution >= 0.6 is 0 Å². The van der Waals surface area contributed by atoms with E-state index in [0.717, 1.165) is 34.9 Å². The molecular formula is C26H28N2O. The zero-order chi connectivity index (χ0) is 23.6. The van der Waals surface area contributed by atoms with Gasteiger partial charge in [0.15, 0.2) is 0 Å². The topological polar surface area (TPSA) is 38.9 Å². The second-order valence-corrected chi connectivity index (χ2v) is 8.97. The van der Waals surface area contributed by atoms with Crippen LogP contribution in [0.3, 0.4) is 0 Å². The van der Waals surface area contributed by atoms with Crippen LogP contribution in [0.1, 0.15) is 67.7 Å². The number of fused-ring (bicyclic) bond motifs is 3. The van der Waals surface area contributed by atoms with Gasteiger partial charge in [-0.1, -0.05) is 26.0 Å². The van der Waals surface area contributed by atoms with E-state index < -0.39 is 12.7 Å². The number of aryl methyl sites for hydroxylation is 2. The first kappa shape index (κ1) is 14.3. The summed E-state index contributed by atoms with van der Waals surface area (Å²) in [5.74, 6) is -0.947. The minimum Gasteiger partial charge on any atom is -0.437 e. The molecule has 1 aliphatic rings. The molecule has 3 nitrogen and oxygen atoms in total. The van der Waals surface area contributed by atoms with Crippen LogP contribution in [0.15, 0.2) is 47.0 Å². The summed E-state index contributed by atoms with van der Waals surface area (Å²) in [5, 5.41) is 1.88. The first-order valence-corrected chi connectivity index (χ1v) is 10.3. The summed E-state index contributed by atoms with van der Waals surface area (Å²) in [6.07, 6.45) is 4.48. The highest BCUT2D eigenvalue weighted by Crippen LogP contribution is 2.44. The lowest BCUT2D eigenvalue weighted by molar-refractivity contribution is 0.224. The Morgan fingerprint density at radius 2 is 1.97 bits per heavy atom. The number of hydrogen-bond donors (Lipinski definition) is 0. The van der Waals surface area contributed by atoms with Gasteiger partial charge < -0.3 is 4.42 Å². The largest absolute Gasteiger partial charge is 0.437 e. The SMILES string of the molecule is [2H]C([2H])([2H])c1cnc(-c2cccc3c2oc2nc(C)ccc23)cc1C1([2H])CCC(C)(C)CC1. The molecule has 0 saturated heterocycles. The minimum absolute atomic E-state index is 0.172. The van der Waals surface area contributed by atoms with Crippen molar-refractivity contribution >= 4 is 22.1 Å². The number of para-hydroxylation sites is 1. The molecule has 0 amide bonds. The van der Waals surface area contributed by atoms with E-state index in [1.807, 2.05) is 43.3 Å². The molecule has 0 N–H and O–H groups in total. The molecule has 0 radical (unpaired) electrons. The van der Waals surface area contributed by atoms with Gasteiger partial charge >= 0.3 is 0 Å². The summed E-state index contributed by atoms with van der Waals surface area (Å²) in [6, 6.07) is 11.7. The lowest BCUT2D eigenvalue weighted by Crippen LogP contribution is -2.20. The Balaban J connectivity index is 1.70. The molecule has 1 saturated carbocycles. The van der Waals surface area contributed by atoms with Crippen LogP contribution in [0, 0.1) is 19.2 Å². The molecule has 4 aromatic rings. The van der Waals surface area contributed by atoms with Gasteiger partial charge in [0, 0.05) is 33.7 Å². The van der Waals surface area contributed by atoms with Crippen molar-refractivity contribution in [2.75, 3.05) is 0 Å². The Morgan fingerprint density at radius 1 is 1.14 bits per heavy atom. The molecular weight excluding hydrogens is 356 g/mol. The first-order chi connectivity index (χ1) is 15.5. The smallest absolute Gasteiger partial charge is 0.227 e. The predicted molar refractivity (Wildman–Crippen MR) is 119 cm³/mol. The first-order valence-electron chi connectivity index (χ1n) is 12.3. The predicted octanol–water partition coefficient (Wildman–Crippen LogP) is 7.34. The van der Waals surface area contributed by atoms with Crippen LogP contribution in [0.2, 0.25) is 0 Å². The van der Waals surface area contributed by atoms with Gasteiger partial charge in [-0.15, -0.1) is 0 Å². The molecule has 3 aromatic heterocycles. The average molecular weight is 389 g/mol. The number of furan rings is 1. The van der Waals surface area contributed by atoms with Crippen molar-refractivity contribution in [3.05, 3.63) is 59.4 Å². The van der Waals surface area contributed by atoms with Crippen LogP contribution in [-0.2, 0) is 0 Å². The monoisotopic (exact) mass is 388 g/mol. The van der Waals surface area contributed by atoms with Gasteiger partial charge in [0.05, 0.1) is 5.69 Å². The molecule has 0 unspecified atom stereocenters. The highest BCUT2D eigenvalue weighted by molar-refractivity contribution is 6.08. The van der Waals surface area contributed by atoms with Gasteiger partial charge in [-0.05, 0) is 86.2 Å². The van der Waals surface area contributed by atoms with E-state index in [9.17, 15) is 1.37 Å². The summed E-state index contributed by atoms with van der Waals surface area (Å²) in [6.45, 7) is 4.03. The van der Waals surface area contributed by atoms with Crippen LogP contribution in [0.4, 0.5) is 0 Å². The maximum atomic E-state index is 9.28. The van der Waals surface area contributed by atoms with E-state index in [2.05, 4.69) is 23.8 Å². The molecule has 0 bridgehead atoms. The van der Waals surface area contributed by atoms with Crippen molar-refractivity contribution in [2.24, 2.45) is 5.41 Å². The van der Waals surface area contributed by atoms with E-state index in [0.29, 0.717) is 35.4 Å². The van der Waals surface area contributed by atoms with Crippen molar-refractivity contribution in [3.8, 4) is 11.3 Å². The second kappa shape index (κ2) is 6.69. The van der Waals surface area contributed by atoms with Crippen molar-refractivity contribution in [3.63, 3.8) is 0 Å². The van der Waals surface area contributed by atoms with Crippen molar-refractivity contribution < 1.29 is 9.90 Å². The summed E-state index contributed by atoms with van der Waals surface area (Å²) >= 11 is 0. The summed E-state index contributed by atoms with van der Waals surface area (Å²) in [4.78, 5) is 9.06. The number of rotatable bonds is 2. The van der Waals surface area contributed by atoms with Crippen molar-refractivity contribution in [1.29, 1.82) is 0 Å². The second-order valence-electron chi connectivity index (χ2n) is 8.97. The van der Waals surface area contributed by atoms with Gasteiger partial charge in [0.1, 0.15) is 5.58 Å². The fraction of sp³-hybridized carbons (Fsp3) is 0.385. The quantitative estimate of drug-likeness (QED) is 0.360. The van der Waals surface area contributed by atoms with E-state index in [1.165, 1.54) is 6.20 Å². The van der Waals surface area contributed by atoms with Gasteiger partial charge in [0.2, 0.25) is 5.71 Å². The molecule has 1 fully saturated rings. The number of nitrogens with zero attached hydrogens (tertiary/aromatic N) is 2. The minimum atomic E-state index is -2.32. The number of aromatic nitrogens is 2. The fourth-order valence-corrected chi connectivity index (χ4v) is 4.37. The van der Waals surface area contributed by atoms with Crippen LogP contribution in [0.5, 0.6) is 0 Å². The van der Waals surface area contributed by atoms with E-state index in [1.54, 1.807) is 0 Å². The Morgan fingerprint density at radius 3 is 2.76 bits per heavy atom. The summed E-state index contributed by atoms with van der Waals surface area (Å²) in [7, 11) is 0. The molecule has 0 spiro atoms. The zero-order valence-corrected chi connectivity index (χ0v) is 17.2. The van der Waals surface area contributed by atoms with Crippen molar-refractivity contribution in [2.45, 2.75) is 59.2 Å². The molecule has 3 heteroatoms. The van der Waals surface area contributed by atoms with Crippen LogP contribution < -0.4 is 0 Å². The summed E-state index contributed by atoms with van der Waals surface area (Å²) < 4.78 is 39.7. The van der Waals surface area contributed by atoms with Gasteiger partial charge in [-0.25, -0.2) is 4.98 Å². The third-order valence-corrected chi connectivity index (χ3v) is 6.27. The highest BCUT2D eigenvalue weighted by Gasteiger charge is 2.28. The molecule has 3 heterocycles. The number of hydrogen-bond acceptors (Lipinski definition) is 3. The molecule has 0 atom stereocenters. The van der Waals surface area contributed by atoms with Gasteiger partial charge in [-0.3, -0.25) is 4.98 Å². The maximum Gasteiger partial charge on any atom is 0.227 e. The van der Waals surface area contributed by atoms with Crippen LogP contribution in [-0.4, -0.2) is 9.97 Å². The third kappa shape index (κ3) is 3.23. The summed E-state index contributed by atoms with van der Waals surface area (Å²) in [5.41, 5.74) is 4.43. The van der Waals surface area contributed by atoms with Crippen molar-refractivity contribution in [1.82, 2.24) is 9.97 Å². The van der Waals surface area contributed by atoms with Gasteiger partial charge in [-0.2, -0.15) is 0 Å². The molecule has 1 aromatic carbocycles. The molecule has 0 aliphatic heterocycles. The van der Waals surface area contributed by atoms with E-state index >= 15 is 0 Å². The Hall–Kier alpha value is -2.68. The average Bonchev–Trinajstić information content (AvgIpc) is 3.12. The van der Waals surface area contributed by atoms with E-state index in [4.69, 9.17) is 8.53 Å². The lowest BCUT2D eigenvalue weighted by atomic mass is 9.71. The maximum absolute atomic E-state index is 9.28. The Bertz CT molecular complexity index is 1360. The molecule has 29 heavy (non-hydrogen) atoms. The van der Waals surface area contributed by atoms with E-state index in [-0.39, 0.29) is 11.0 Å². The standard InChI is InChI=1S/C26H28N2O/c1-16-15-27-23(14-22(16)18-10-12-26(3,4)13-11-18)21-7-5-6-19-20-9-8-17(2)28-25(20)29-24(19)21/h5-9,14-15,18H,10-13H2,1-4H3/i1D3,18D. The zero-order valence-electron chi connectivity index (χ0n) is 21.2.